The van der Waals surface area contributed by atoms with Gasteiger partial charge in [-0.15, -0.1) is 0 Å². The third-order valence-corrected chi connectivity index (χ3v) is 7.05. The molecule has 4 rings (SSSR count). The Morgan fingerprint density at radius 2 is 1.86 bits per heavy atom. The summed E-state index contributed by atoms with van der Waals surface area (Å²) < 4.78 is 16.4. The average molecular weight is 597 g/mol. The van der Waals surface area contributed by atoms with Gasteiger partial charge in [0.2, 0.25) is 0 Å². The average Bonchev–Trinajstić information content (AvgIpc) is 2.93. The number of nitro groups is 1. The molecule has 1 aliphatic rings. The minimum atomic E-state index is -0.981. The third-order valence-electron chi connectivity index (χ3n) is 6.81. The fourth-order valence-corrected chi connectivity index (χ4v) is 5.06. The van der Waals surface area contributed by atoms with E-state index in [9.17, 15) is 24.8 Å². The summed E-state index contributed by atoms with van der Waals surface area (Å²) in [5.74, 6) is -0.204. The maximum atomic E-state index is 13.4. The first-order valence-electron chi connectivity index (χ1n) is 13.4. The molecule has 0 saturated carbocycles. The van der Waals surface area contributed by atoms with Crippen LogP contribution >= 0.6 is 11.6 Å². The molecule has 0 aliphatic heterocycles. The largest absolute Gasteiger partial charge is 0.465 e. The molecule has 11 heteroatoms. The van der Waals surface area contributed by atoms with Gasteiger partial charge in [-0.3, -0.25) is 10.1 Å². The maximum Gasteiger partial charge on any atom is 0.410 e. The maximum absolute atomic E-state index is 13.4. The number of rotatable bonds is 8. The molecule has 0 heterocycles. The molecule has 0 saturated heterocycles. The zero-order chi connectivity index (χ0) is 30.6. The van der Waals surface area contributed by atoms with Gasteiger partial charge in [0.1, 0.15) is 17.1 Å². The van der Waals surface area contributed by atoms with Gasteiger partial charge in [-0.05, 0) is 87.1 Å². The summed E-state index contributed by atoms with van der Waals surface area (Å²) in [6, 6.07) is 15.8. The van der Waals surface area contributed by atoms with Crippen molar-refractivity contribution in [3.63, 3.8) is 0 Å². The smallest absolute Gasteiger partial charge is 0.410 e. The standard InChI is InChI=1S/C31H33ClN2O8/c1-31(2,3)42-30(37)33(18-28(35)20-6-5-7-23(32)12-20)24-10-8-19-9-11-26(15-21(19)13-24)41-27-16-22(29(36)40-4)14-25(17-27)34(38)39/h5-7,9,11-12,14-17,24,28,35H,8,10,13,18H2,1-4H3/t24-,28+/m0/s1. The van der Waals surface area contributed by atoms with E-state index in [1.54, 1.807) is 56.0 Å². The topological polar surface area (TPSA) is 128 Å². The Morgan fingerprint density at radius 1 is 1.10 bits per heavy atom. The summed E-state index contributed by atoms with van der Waals surface area (Å²) in [5, 5.41) is 22.9. The molecule has 222 valence electrons. The van der Waals surface area contributed by atoms with Crippen LogP contribution in [0.15, 0.2) is 60.7 Å². The van der Waals surface area contributed by atoms with E-state index in [-0.39, 0.29) is 29.6 Å². The van der Waals surface area contributed by atoms with E-state index < -0.39 is 28.7 Å². The monoisotopic (exact) mass is 596 g/mol. The summed E-state index contributed by atoms with van der Waals surface area (Å²) >= 11 is 6.12. The van der Waals surface area contributed by atoms with Gasteiger partial charge in [0.15, 0.2) is 0 Å². The zero-order valence-electron chi connectivity index (χ0n) is 23.8. The van der Waals surface area contributed by atoms with E-state index in [0.29, 0.717) is 35.6 Å². The number of benzene rings is 3. The van der Waals surface area contributed by atoms with Crippen molar-refractivity contribution < 1.29 is 33.8 Å². The molecule has 0 radical (unpaired) electrons. The lowest BCUT2D eigenvalue weighted by Gasteiger charge is -2.37. The second-order valence-corrected chi connectivity index (χ2v) is 11.5. The number of non-ortho nitro benzene ring substituents is 1. The Labute approximate surface area is 248 Å². The summed E-state index contributed by atoms with van der Waals surface area (Å²) in [6.07, 6.45) is 0.288. The van der Waals surface area contributed by atoms with Crippen LogP contribution < -0.4 is 4.74 Å². The van der Waals surface area contributed by atoms with Gasteiger partial charge in [-0.25, -0.2) is 9.59 Å². The van der Waals surface area contributed by atoms with E-state index in [4.69, 9.17) is 25.8 Å². The van der Waals surface area contributed by atoms with Gasteiger partial charge in [-0.1, -0.05) is 29.8 Å². The lowest BCUT2D eigenvalue weighted by molar-refractivity contribution is -0.384. The highest BCUT2D eigenvalue weighted by molar-refractivity contribution is 6.30. The predicted octanol–water partition coefficient (Wildman–Crippen LogP) is 6.66. The number of carbonyl (C=O) groups excluding carboxylic acids is 2. The number of hydrogen-bond acceptors (Lipinski definition) is 8. The number of amides is 1. The molecule has 3 aromatic rings. The van der Waals surface area contributed by atoms with E-state index >= 15 is 0 Å². The highest BCUT2D eigenvalue weighted by Crippen LogP contribution is 2.33. The molecule has 10 nitrogen and oxygen atoms in total. The van der Waals surface area contributed by atoms with Crippen molar-refractivity contribution in [3.05, 3.63) is 98.1 Å². The van der Waals surface area contributed by atoms with Gasteiger partial charge in [0.05, 0.1) is 36.3 Å². The molecule has 0 bridgehead atoms. The number of carbonyl (C=O) groups is 2. The number of aliphatic hydroxyl groups is 1. The van der Waals surface area contributed by atoms with Crippen LogP contribution in [0.1, 0.15) is 60.3 Å². The first kappa shape index (κ1) is 30.8. The minimum absolute atomic E-state index is 0.00834. The van der Waals surface area contributed by atoms with Crippen LogP contribution in [-0.4, -0.2) is 52.3 Å². The Kier molecular flexibility index (Phi) is 9.38. The lowest BCUT2D eigenvalue weighted by atomic mass is 9.87. The van der Waals surface area contributed by atoms with E-state index in [1.165, 1.54) is 19.2 Å². The third kappa shape index (κ3) is 7.77. The fraction of sp³-hybridized carbons (Fsp3) is 0.355. The fourth-order valence-electron chi connectivity index (χ4n) is 4.86. The molecule has 2 atom stereocenters. The Morgan fingerprint density at radius 3 is 2.52 bits per heavy atom. The number of methoxy groups -OCH3 is 1. The number of aliphatic hydroxyl groups excluding tert-OH is 1. The summed E-state index contributed by atoms with van der Waals surface area (Å²) in [5.41, 5.74) is 1.54. The quantitative estimate of drug-likeness (QED) is 0.174. The summed E-state index contributed by atoms with van der Waals surface area (Å²) in [4.78, 5) is 37.8. The number of esters is 1. The van der Waals surface area contributed by atoms with Crippen molar-refractivity contribution in [2.24, 2.45) is 0 Å². The van der Waals surface area contributed by atoms with E-state index in [1.807, 2.05) is 12.1 Å². The number of aryl methyl sites for hydroxylation is 1. The van der Waals surface area contributed by atoms with Gasteiger partial charge in [0, 0.05) is 17.1 Å². The van der Waals surface area contributed by atoms with Crippen LogP contribution in [0.5, 0.6) is 11.5 Å². The van der Waals surface area contributed by atoms with Crippen LogP contribution in [0, 0.1) is 10.1 Å². The van der Waals surface area contributed by atoms with Gasteiger partial charge >= 0.3 is 12.1 Å². The van der Waals surface area contributed by atoms with E-state index in [0.717, 1.165) is 17.2 Å². The minimum Gasteiger partial charge on any atom is -0.465 e. The molecule has 0 aromatic heterocycles. The number of fused-ring (bicyclic) bond motifs is 1. The molecule has 1 N–H and O–H groups in total. The van der Waals surface area contributed by atoms with Crippen molar-refractivity contribution in [3.8, 4) is 11.5 Å². The molecule has 1 aliphatic carbocycles. The first-order chi connectivity index (χ1) is 19.8. The van der Waals surface area contributed by atoms with Crippen molar-refractivity contribution in [2.45, 2.75) is 57.8 Å². The number of nitrogens with zero attached hydrogens (tertiary/aromatic N) is 2. The molecule has 1 amide bonds. The van der Waals surface area contributed by atoms with Gasteiger partial charge < -0.3 is 24.2 Å². The Hall–Kier alpha value is -4.15. The second-order valence-electron chi connectivity index (χ2n) is 11.1. The van der Waals surface area contributed by atoms with Gasteiger partial charge in [-0.2, -0.15) is 0 Å². The number of hydrogen-bond donors (Lipinski definition) is 1. The highest BCUT2D eigenvalue weighted by Gasteiger charge is 2.33. The molecular formula is C31H33ClN2O8. The van der Waals surface area contributed by atoms with E-state index in [2.05, 4.69) is 0 Å². The Balaban J connectivity index is 1.59. The highest BCUT2D eigenvalue weighted by atomic mass is 35.5. The molecule has 0 spiro atoms. The molecule has 0 fully saturated rings. The van der Waals surface area contributed by atoms with Crippen LogP contribution in [0.3, 0.4) is 0 Å². The molecule has 0 unspecified atom stereocenters. The SMILES string of the molecule is COC(=O)c1cc(Oc2ccc3c(c2)C[C@@H](N(C[C@@H](O)c2cccc(Cl)c2)C(=O)OC(C)(C)C)CC3)cc([N+](=O)[O-])c1. The summed E-state index contributed by atoms with van der Waals surface area (Å²) in [6.45, 7) is 5.37. The van der Waals surface area contributed by atoms with Gasteiger partial charge in [0.25, 0.3) is 5.69 Å². The molecular weight excluding hydrogens is 564 g/mol. The van der Waals surface area contributed by atoms with Crippen molar-refractivity contribution in [2.75, 3.05) is 13.7 Å². The molecule has 42 heavy (non-hydrogen) atoms. The van der Waals surface area contributed by atoms with Crippen LogP contribution in [-0.2, 0) is 22.3 Å². The number of halogens is 1. The zero-order valence-corrected chi connectivity index (χ0v) is 24.6. The molecule has 3 aromatic carbocycles. The second kappa shape index (κ2) is 12.8. The Bertz CT molecular complexity index is 1490. The first-order valence-corrected chi connectivity index (χ1v) is 13.8. The normalized spacial score (nSPS) is 15.2. The van der Waals surface area contributed by atoms with Crippen LogP contribution in [0.2, 0.25) is 5.02 Å². The van der Waals surface area contributed by atoms with Crippen LogP contribution in [0.25, 0.3) is 0 Å². The predicted molar refractivity (Wildman–Crippen MR) is 156 cm³/mol. The van der Waals surface area contributed by atoms with Crippen molar-refractivity contribution >= 4 is 29.4 Å². The van der Waals surface area contributed by atoms with Crippen molar-refractivity contribution in [1.29, 1.82) is 0 Å². The lowest BCUT2D eigenvalue weighted by Crippen LogP contribution is -2.47. The van der Waals surface area contributed by atoms with Crippen molar-refractivity contribution in [1.82, 2.24) is 4.90 Å². The van der Waals surface area contributed by atoms with Crippen LogP contribution in [0.4, 0.5) is 10.5 Å². The number of ether oxygens (including phenoxy) is 3. The summed E-state index contributed by atoms with van der Waals surface area (Å²) in [7, 11) is 1.19. The number of nitro benzene ring substituents is 1.